The van der Waals surface area contributed by atoms with E-state index in [1.54, 1.807) is 36.3 Å². The van der Waals surface area contributed by atoms with Gasteiger partial charge in [-0.2, -0.15) is 0 Å². The van der Waals surface area contributed by atoms with Gasteiger partial charge in [-0.1, -0.05) is 24.3 Å². The maximum atomic E-state index is 11.5. The number of carbonyl (C=O) groups is 1. The summed E-state index contributed by atoms with van der Waals surface area (Å²) in [6.07, 6.45) is 4.85. The van der Waals surface area contributed by atoms with E-state index in [2.05, 4.69) is 14.7 Å². The fourth-order valence-electron chi connectivity index (χ4n) is 2.86. The molecule has 0 bridgehead atoms. The van der Waals surface area contributed by atoms with Crippen LogP contribution in [0.4, 0.5) is 0 Å². The Morgan fingerprint density at radius 1 is 1.18 bits per heavy atom. The molecule has 144 valence electrons. The molecule has 0 fully saturated rings. The number of imidazole rings is 1. The second-order valence-corrected chi connectivity index (χ2v) is 6.25. The number of ether oxygens (including phenoxy) is 1. The Bertz CT molecular complexity index is 1020. The van der Waals surface area contributed by atoms with Gasteiger partial charge in [0.15, 0.2) is 0 Å². The third-order valence-electron chi connectivity index (χ3n) is 4.30. The third-order valence-corrected chi connectivity index (χ3v) is 4.30. The van der Waals surface area contributed by atoms with Crippen molar-refractivity contribution in [3.05, 3.63) is 77.5 Å². The van der Waals surface area contributed by atoms with Crippen molar-refractivity contribution in [2.45, 2.75) is 6.92 Å². The zero-order valence-electron chi connectivity index (χ0n) is 16.0. The number of aromatic nitrogens is 3. The van der Waals surface area contributed by atoms with Crippen LogP contribution in [-0.2, 0) is 4.74 Å². The van der Waals surface area contributed by atoms with Crippen LogP contribution in [0.15, 0.2) is 55.1 Å². The molecule has 4 N–H and O–H groups in total. The van der Waals surface area contributed by atoms with Crippen LogP contribution < -0.4 is 11.6 Å². The third kappa shape index (κ3) is 3.72. The van der Waals surface area contributed by atoms with Crippen LogP contribution in [0.25, 0.3) is 17.2 Å². The molecule has 1 aromatic carbocycles. The minimum atomic E-state index is -0.439. The molecule has 3 aromatic rings. The lowest BCUT2D eigenvalue weighted by atomic mass is 10.0. The number of nitrogens with zero attached hydrogens (tertiary/aromatic N) is 4. The number of hydrogen-bond donors (Lipinski definition) is 2. The summed E-state index contributed by atoms with van der Waals surface area (Å²) in [4.78, 5) is 20.3. The van der Waals surface area contributed by atoms with Crippen LogP contribution in [0.3, 0.4) is 0 Å². The average molecular weight is 378 g/mol. The number of carbonyl (C=O) groups excluding carboxylic acids is 1. The molecule has 0 radical (unpaired) electrons. The number of pyridine rings is 1. The van der Waals surface area contributed by atoms with Crippen molar-refractivity contribution in [3.8, 4) is 5.82 Å². The van der Waals surface area contributed by atoms with Crippen LogP contribution >= 0.6 is 0 Å². The molecule has 2 aromatic heterocycles. The molecule has 0 unspecified atom stereocenters. The lowest BCUT2D eigenvalue weighted by Gasteiger charge is -2.19. The molecule has 0 atom stereocenters. The number of benzene rings is 1. The average Bonchev–Trinajstić information content (AvgIpc) is 3.17. The highest BCUT2D eigenvalue weighted by Gasteiger charge is 2.16. The Kier molecular flexibility index (Phi) is 5.42. The summed E-state index contributed by atoms with van der Waals surface area (Å²) in [7, 11) is 3.04. The minimum Gasteiger partial charge on any atom is -0.465 e. The summed E-state index contributed by atoms with van der Waals surface area (Å²) < 4.78 is 6.41. The van der Waals surface area contributed by atoms with Crippen LogP contribution in [-0.4, -0.2) is 39.7 Å². The predicted octanol–water partition coefficient (Wildman–Crippen LogP) is 1.95. The van der Waals surface area contributed by atoms with Crippen molar-refractivity contribution in [1.82, 2.24) is 19.5 Å². The van der Waals surface area contributed by atoms with E-state index in [0.29, 0.717) is 28.5 Å². The number of rotatable bonds is 5. The van der Waals surface area contributed by atoms with Gasteiger partial charge in [-0.05, 0) is 24.6 Å². The SMILES string of the molecule is COC(=O)c1ccc(-n2cnc(/C(=C(/N)c3ccccc3C)N(C)N)c2)nc1. The van der Waals surface area contributed by atoms with Gasteiger partial charge in [0.1, 0.15) is 23.5 Å². The Balaban J connectivity index is 2.00. The Morgan fingerprint density at radius 3 is 2.54 bits per heavy atom. The summed E-state index contributed by atoms with van der Waals surface area (Å²) >= 11 is 0. The lowest BCUT2D eigenvalue weighted by Crippen LogP contribution is -2.27. The first-order valence-electron chi connectivity index (χ1n) is 8.55. The van der Waals surface area contributed by atoms with E-state index in [1.807, 2.05) is 31.2 Å². The summed E-state index contributed by atoms with van der Waals surface area (Å²) in [5, 5.41) is 1.45. The molecule has 0 saturated heterocycles. The van der Waals surface area contributed by atoms with E-state index >= 15 is 0 Å². The molecule has 0 spiro atoms. The van der Waals surface area contributed by atoms with Gasteiger partial charge in [-0.25, -0.2) is 20.6 Å². The first kappa shape index (κ1) is 19.1. The molecule has 0 saturated carbocycles. The van der Waals surface area contributed by atoms with Crippen LogP contribution in [0.1, 0.15) is 27.2 Å². The number of nitrogens with two attached hydrogens (primary N) is 2. The van der Waals surface area contributed by atoms with Gasteiger partial charge in [0.05, 0.1) is 18.4 Å². The molecule has 0 aliphatic rings. The largest absolute Gasteiger partial charge is 0.465 e. The molecule has 0 amide bonds. The Morgan fingerprint density at radius 2 is 1.93 bits per heavy atom. The fraction of sp³-hybridized carbons (Fsp3) is 0.150. The molecular formula is C20H22N6O2. The predicted molar refractivity (Wildman–Crippen MR) is 107 cm³/mol. The van der Waals surface area contributed by atoms with E-state index in [-0.39, 0.29) is 0 Å². The minimum absolute atomic E-state index is 0.373. The van der Waals surface area contributed by atoms with Crippen molar-refractivity contribution in [3.63, 3.8) is 0 Å². The van der Waals surface area contributed by atoms with Crippen molar-refractivity contribution < 1.29 is 9.53 Å². The first-order chi connectivity index (χ1) is 13.4. The number of esters is 1. The van der Waals surface area contributed by atoms with E-state index in [4.69, 9.17) is 11.6 Å². The highest BCUT2D eigenvalue weighted by atomic mass is 16.5. The van der Waals surface area contributed by atoms with Gasteiger partial charge < -0.3 is 15.5 Å². The van der Waals surface area contributed by atoms with E-state index < -0.39 is 5.97 Å². The van der Waals surface area contributed by atoms with E-state index in [1.165, 1.54) is 18.3 Å². The standard InChI is InChI=1S/C20H22N6O2/c1-13-6-4-5-7-15(13)18(21)19(25(2)22)16-11-26(12-24-16)17-9-8-14(10-23-17)20(27)28-3/h4-12H,21-22H2,1-3H3/b19-18-. The molecule has 0 aliphatic heterocycles. The fourth-order valence-corrected chi connectivity index (χ4v) is 2.86. The van der Waals surface area contributed by atoms with E-state index in [9.17, 15) is 4.79 Å². The highest BCUT2D eigenvalue weighted by molar-refractivity contribution is 5.89. The Labute approximate surface area is 163 Å². The molecule has 8 nitrogen and oxygen atoms in total. The van der Waals surface area contributed by atoms with Gasteiger partial charge in [0.25, 0.3) is 0 Å². The molecule has 28 heavy (non-hydrogen) atoms. The van der Waals surface area contributed by atoms with Gasteiger partial charge in [-0.3, -0.25) is 4.57 Å². The van der Waals surface area contributed by atoms with Crippen molar-refractivity contribution >= 4 is 17.4 Å². The first-order valence-corrected chi connectivity index (χ1v) is 8.55. The smallest absolute Gasteiger partial charge is 0.339 e. The quantitative estimate of drug-likeness (QED) is 0.396. The van der Waals surface area contributed by atoms with Crippen LogP contribution in [0.2, 0.25) is 0 Å². The second kappa shape index (κ2) is 7.93. The van der Waals surface area contributed by atoms with Crippen molar-refractivity contribution in [2.75, 3.05) is 14.2 Å². The van der Waals surface area contributed by atoms with Gasteiger partial charge in [0.2, 0.25) is 0 Å². The van der Waals surface area contributed by atoms with Gasteiger partial charge >= 0.3 is 5.97 Å². The normalized spacial score (nSPS) is 11.7. The summed E-state index contributed by atoms with van der Waals surface area (Å²) in [6.45, 7) is 1.99. The number of aryl methyl sites for hydroxylation is 1. The topological polar surface area (TPSA) is 112 Å². The lowest BCUT2D eigenvalue weighted by molar-refractivity contribution is 0.0600. The maximum Gasteiger partial charge on any atom is 0.339 e. The monoisotopic (exact) mass is 378 g/mol. The molecule has 0 aliphatic carbocycles. The van der Waals surface area contributed by atoms with Crippen molar-refractivity contribution in [1.29, 1.82) is 0 Å². The number of methoxy groups -OCH3 is 1. The number of hydrazine groups is 1. The van der Waals surface area contributed by atoms with Crippen LogP contribution in [0, 0.1) is 6.92 Å². The van der Waals surface area contributed by atoms with Crippen molar-refractivity contribution in [2.24, 2.45) is 11.6 Å². The summed E-state index contributed by atoms with van der Waals surface area (Å²) in [6, 6.07) is 11.2. The number of hydrogen-bond acceptors (Lipinski definition) is 7. The summed E-state index contributed by atoms with van der Waals surface area (Å²) in [5.74, 6) is 6.21. The zero-order chi connectivity index (χ0) is 20.3. The highest BCUT2D eigenvalue weighted by Crippen LogP contribution is 2.25. The summed E-state index contributed by atoms with van der Waals surface area (Å²) in [5.41, 5.74) is 10.5. The van der Waals surface area contributed by atoms with E-state index in [0.717, 1.165) is 11.1 Å². The van der Waals surface area contributed by atoms with Crippen LogP contribution in [0.5, 0.6) is 0 Å². The maximum absolute atomic E-state index is 11.5. The Hall–Kier alpha value is -3.65. The molecule has 3 rings (SSSR count). The van der Waals surface area contributed by atoms with Gasteiger partial charge in [0, 0.05) is 25.0 Å². The zero-order valence-corrected chi connectivity index (χ0v) is 16.0. The second-order valence-electron chi connectivity index (χ2n) is 6.25. The molecule has 2 heterocycles. The molecular weight excluding hydrogens is 356 g/mol. The molecule has 8 heteroatoms. The van der Waals surface area contributed by atoms with Gasteiger partial charge in [-0.15, -0.1) is 0 Å².